The van der Waals surface area contributed by atoms with Crippen LogP contribution in [0.1, 0.15) is 29.3 Å². The summed E-state index contributed by atoms with van der Waals surface area (Å²) in [5, 5.41) is 7.41. The number of benzene rings is 2. The largest absolute Gasteiger partial charge is 0.352 e. The number of nitrogens with one attached hydrogen (secondary N) is 2. The Bertz CT molecular complexity index is 791. The fourth-order valence-corrected chi connectivity index (χ4v) is 2.50. The van der Waals surface area contributed by atoms with Crippen molar-refractivity contribution in [2.45, 2.75) is 19.9 Å². The smallest absolute Gasteiger partial charge is 0.271 e. The van der Waals surface area contributed by atoms with E-state index in [4.69, 9.17) is 11.6 Å². The number of nitrogens with zero attached hydrogens (tertiary/aromatic N) is 1. The van der Waals surface area contributed by atoms with Crippen LogP contribution in [0, 0.1) is 0 Å². The van der Waals surface area contributed by atoms with Crippen LogP contribution in [-0.2, 0) is 11.3 Å². The van der Waals surface area contributed by atoms with E-state index in [9.17, 15) is 9.59 Å². The zero-order valence-corrected chi connectivity index (χ0v) is 15.9. The number of halogens is 2. The van der Waals surface area contributed by atoms with Crippen molar-refractivity contribution < 1.29 is 9.59 Å². The number of carbonyl (C=O) groups excluding carboxylic acids is 2. The van der Waals surface area contributed by atoms with Crippen molar-refractivity contribution in [2.24, 2.45) is 5.10 Å². The second kappa shape index (κ2) is 9.34. The van der Waals surface area contributed by atoms with Gasteiger partial charge >= 0.3 is 0 Å². The molecule has 2 aromatic rings. The molecular formula is C18H17BrClN3O2. The third kappa shape index (κ3) is 6.68. The second-order valence-electron chi connectivity index (χ2n) is 5.38. The van der Waals surface area contributed by atoms with Crippen LogP contribution in [0.3, 0.4) is 0 Å². The van der Waals surface area contributed by atoms with Gasteiger partial charge in [0.1, 0.15) is 0 Å². The van der Waals surface area contributed by atoms with E-state index in [1.807, 2.05) is 18.2 Å². The molecule has 0 aliphatic rings. The molecule has 7 heteroatoms. The van der Waals surface area contributed by atoms with Gasteiger partial charge in [0, 0.05) is 27.3 Å². The Hall–Kier alpha value is -2.18. The topological polar surface area (TPSA) is 70.6 Å². The minimum absolute atomic E-state index is 0.104. The fraction of sp³-hybridized carbons (Fsp3) is 0.167. The lowest BCUT2D eigenvalue weighted by Crippen LogP contribution is -2.26. The van der Waals surface area contributed by atoms with E-state index in [1.54, 1.807) is 37.3 Å². The molecule has 130 valence electrons. The Balaban J connectivity index is 1.80. The number of hydrogen-bond donors (Lipinski definition) is 2. The molecule has 0 fully saturated rings. The fourth-order valence-electron chi connectivity index (χ4n) is 1.98. The van der Waals surface area contributed by atoms with Crippen LogP contribution >= 0.6 is 27.5 Å². The maximum absolute atomic E-state index is 12.0. The summed E-state index contributed by atoms with van der Waals surface area (Å²) >= 11 is 9.12. The molecule has 2 amide bonds. The van der Waals surface area contributed by atoms with Crippen LogP contribution in [0.15, 0.2) is 58.1 Å². The molecular weight excluding hydrogens is 406 g/mol. The van der Waals surface area contributed by atoms with Gasteiger partial charge in [-0.1, -0.05) is 45.7 Å². The molecule has 2 N–H and O–H groups in total. The van der Waals surface area contributed by atoms with Crippen molar-refractivity contribution in [2.75, 3.05) is 0 Å². The first-order valence-electron chi connectivity index (χ1n) is 7.54. The molecule has 0 aromatic heterocycles. The molecule has 0 radical (unpaired) electrons. The van der Waals surface area contributed by atoms with Gasteiger partial charge in [0.2, 0.25) is 5.91 Å². The first-order chi connectivity index (χ1) is 11.9. The summed E-state index contributed by atoms with van der Waals surface area (Å²) in [6, 6.07) is 14.2. The molecule has 0 spiro atoms. The molecule has 2 rings (SSSR count). The van der Waals surface area contributed by atoms with Crippen LogP contribution in [0.4, 0.5) is 0 Å². The number of hydrogen-bond acceptors (Lipinski definition) is 3. The Morgan fingerprint density at radius 1 is 1.16 bits per heavy atom. The molecule has 0 saturated heterocycles. The quantitative estimate of drug-likeness (QED) is 0.547. The number of amides is 2. The Morgan fingerprint density at radius 2 is 1.88 bits per heavy atom. The first-order valence-corrected chi connectivity index (χ1v) is 8.71. The van der Waals surface area contributed by atoms with Crippen molar-refractivity contribution >= 4 is 45.1 Å². The Labute approximate surface area is 159 Å². The van der Waals surface area contributed by atoms with E-state index in [2.05, 4.69) is 31.8 Å². The van der Waals surface area contributed by atoms with E-state index < -0.39 is 0 Å². The molecule has 0 aliphatic carbocycles. The van der Waals surface area contributed by atoms with Gasteiger partial charge < -0.3 is 5.32 Å². The molecule has 0 unspecified atom stereocenters. The minimum atomic E-state index is -0.331. The molecule has 0 bridgehead atoms. The summed E-state index contributed by atoms with van der Waals surface area (Å²) in [5.41, 5.74) is 4.39. The van der Waals surface area contributed by atoms with E-state index in [0.717, 1.165) is 10.0 Å². The van der Waals surface area contributed by atoms with Crippen LogP contribution in [0.5, 0.6) is 0 Å². The summed E-state index contributed by atoms with van der Waals surface area (Å²) in [4.78, 5) is 23.9. The zero-order valence-electron chi connectivity index (χ0n) is 13.6. The highest BCUT2D eigenvalue weighted by atomic mass is 79.9. The molecule has 5 nitrogen and oxygen atoms in total. The lowest BCUT2D eigenvalue weighted by Gasteiger charge is -2.06. The van der Waals surface area contributed by atoms with Crippen molar-refractivity contribution in [3.8, 4) is 0 Å². The molecule has 2 aromatic carbocycles. The summed E-state index contributed by atoms with van der Waals surface area (Å²) in [7, 11) is 0. The van der Waals surface area contributed by atoms with Gasteiger partial charge in [0.15, 0.2) is 0 Å². The normalized spacial score (nSPS) is 11.1. The van der Waals surface area contributed by atoms with Gasteiger partial charge in [0.25, 0.3) is 5.91 Å². The van der Waals surface area contributed by atoms with Gasteiger partial charge in [-0.25, -0.2) is 5.43 Å². The van der Waals surface area contributed by atoms with Crippen molar-refractivity contribution in [3.63, 3.8) is 0 Å². The lowest BCUT2D eigenvalue weighted by molar-refractivity contribution is -0.120. The summed E-state index contributed by atoms with van der Waals surface area (Å²) in [5.74, 6) is -0.505. The molecule has 0 aliphatic heterocycles. The van der Waals surface area contributed by atoms with Gasteiger partial charge in [-0.05, 0) is 42.8 Å². The average Bonchev–Trinajstić information content (AvgIpc) is 2.59. The molecule has 0 atom stereocenters. The molecule has 25 heavy (non-hydrogen) atoms. The maximum Gasteiger partial charge on any atom is 0.271 e. The first kappa shape index (κ1) is 19.1. The van der Waals surface area contributed by atoms with Gasteiger partial charge in [-0.2, -0.15) is 5.10 Å². The van der Waals surface area contributed by atoms with E-state index in [1.165, 1.54) is 0 Å². The van der Waals surface area contributed by atoms with Crippen molar-refractivity contribution in [1.29, 1.82) is 0 Å². The number of rotatable bonds is 6. The SMILES string of the molecule is CC(CC(=O)NCc1ccc(Cl)cc1)=NNC(=O)c1cccc(Br)c1. The predicted octanol–water partition coefficient (Wildman–Crippen LogP) is 3.91. The monoisotopic (exact) mass is 421 g/mol. The van der Waals surface area contributed by atoms with Gasteiger partial charge in [-0.3, -0.25) is 9.59 Å². The number of hydrazone groups is 1. The predicted molar refractivity (Wildman–Crippen MR) is 103 cm³/mol. The molecule has 0 heterocycles. The standard InChI is InChI=1S/C18H17BrClN3O2/c1-12(22-23-18(25)14-3-2-4-15(19)10-14)9-17(24)21-11-13-5-7-16(20)8-6-13/h2-8,10H,9,11H2,1H3,(H,21,24)(H,23,25). The average molecular weight is 423 g/mol. The van der Waals surface area contributed by atoms with E-state index in [-0.39, 0.29) is 18.2 Å². The van der Waals surface area contributed by atoms with Crippen molar-refractivity contribution in [3.05, 3.63) is 69.2 Å². The summed E-state index contributed by atoms with van der Waals surface area (Å²) in [6.45, 7) is 2.09. The minimum Gasteiger partial charge on any atom is -0.352 e. The van der Waals surface area contributed by atoms with Crippen molar-refractivity contribution in [1.82, 2.24) is 10.7 Å². The third-order valence-corrected chi connectivity index (χ3v) is 4.00. The highest BCUT2D eigenvalue weighted by molar-refractivity contribution is 9.10. The lowest BCUT2D eigenvalue weighted by atomic mass is 10.2. The highest BCUT2D eigenvalue weighted by Crippen LogP contribution is 2.11. The van der Waals surface area contributed by atoms with Crippen LogP contribution in [-0.4, -0.2) is 17.5 Å². The highest BCUT2D eigenvalue weighted by Gasteiger charge is 2.07. The second-order valence-corrected chi connectivity index (χ2v) is 6.73. The Morgan fingerprint density at radius 3 is 2.56 bits per heavy atom. The third-order valence-electron chi connectivity index (χ3n) is 3.25. The molecule has 0 saturated carbocycles. The zero-order chi connectivity index (χ0) is 18.2. The Kier molecular flexibility index (Phi) is 7.16. The van der Waals surface area contributed by atoms with Crippen LogP contribution in [0.2, 0.25) is 5.02 Å². The van der Waals surface area contributed by atoms with Gasteiger partial charge in [0.05, 0.1) is 6.42 Å². The van der Waals surface area contributed by atoms with Crippen LogP contribution in [0.25, 0.3) is 0 Å². The van der Waals surface area contributed by atoms with Gasteiger partial charge in [-0.15, -0.1) is 0 Å². The van der Waals surface area contributed by atoms with E-state index >= 15 is 0 Å². The number of carbonyl (C=O) groups is 2. The summed E-state index contributed by atoms with van der Waals surface area (Å²) in [6.07, 6.45) is 0.104. The maximum atomic E-state index is 12.0. The summed E-state index contributed by atoms with van der Waals surface area (Å²) < 4.78 is 0.808. The van der Waals surface area contributed by atoms with E-state index in [0.29, 0.717) is 22.8 Å². The van der Waals surface area contributed by atoms with Crippen LogP contribution < -0.4 is 10.7 Å².